The van der Waals surface area contributed by atoms with Crippen molar-refractivity contribution < 1.29 is 9.84 Å². The van der Waals surface area contributed by atoms with Crippen molar-refractivity contribution in [2.75, 3.05) is 6.61 Å². The van der Waals surface area contributed by atoms with E-state index in [9.17, 15) is 5.11 Å². The summed E-state index contributed by atoms with van der Waals surface area (Å²) in [4.78, 5) is 0. The average Bonchev–Trinajstić information content (AvgIpc) is 2.26. The Bertz CT molecular complexity index is 394. The van der Waals surface area contributed by atoms with Crippen LogP contribution >= 0.6 is 0 Å². The molecule has 0 spiro atoms. The molecule has 2 rings (SSSR count). The Morgan fingerprint density at radius 3 is 2.67 bits per heavy atom. The summed E-state index contributed by atoms with van der Waals surface area (Å²) in [6.07, 6.45) is 3.34. The molecule has 0 radical (unpaired) electrons. The second-order valence-corrected chi connectivity index (χ2v) is 5.74. The molecule has 0 aromatic heterocycles. The van der Waals surface area contributed by atoms with Crippen LogP contribution in [0.1, 0.15) is 63.2 Å². The molecule has 0 amide bonds. The van der Waals surface area contributed by atoms with E-state index in [1.807, 2.05) is 32.9 Å². The Kier molecular flexibility index (Phi) is 4.08. The van der Waals surface area contributed by atoms with E-state index in [1.165, 1.54) is 24.8 Å². The van der Waals surface area contributed by atoms with Gasteiger partial charge in [-0.3, -0.25) is 0 Å². The SMILES string of the molecule is CCOC(C)(C)C(O)c1cccc(C2CCC2)c1. The number of ether oxygens (including phenoxy) is 1. The lowest BCUT2D eigenvalue weighted by Crippen LogP contribution is -2.32. The van der Waals surface area contributed by atoms with Crippen LogP contribution in [0, 0.1) is 0 Å². The van der Waals surface area contributed by atoms with Crippen LogP contribution in [0.25, 0.3) is 0 Å². The van der Waals surface area contributed by atoms with Crippen molar-refractivity contribution in [2.45, 2.75) is 57.7 Å². The van der Waals surface area contributed by atoms with Gasteiger partial charge in [-0.05, 0) is 50.7 Å². The minimum atomic E-state index is -0.572. The molecular weight excluding hydrogens is 224 g/mol. The Morgan fingerprint density at radius 1 is 1.39 bits per heavy atom. The number of benzene rings is 1. The second-order valence-electron chi connectivity index (χ2n) is 5.74. The molecule has 2 heteroatoms. The van der Waals surface area contributed by atoms with Crippen molar-refractivity contribution >= 4 is 0 Å². The molecule has 1 aliphatic rings. The van der Waals surface area contributed by atoms with Gasteiger partial charge >= 0.3 is 0 Å². The monoisotopic (exact) mass is 248 g/mol. The number of aliphatic hydroxyl groups excluding tert-OH is 1. The quantitative estimate of drug-likeness (QED) is 0.858. The molecule has 0 bridgehead atoms. The zero-order chi connectivity index (χ0) is 13.2. The largest absolute Gasteiger partial charge is 0.385 e. The van der Waals surface area contributed by atoms with E-state index in [0.717, 1.165) is 5.56 Å². The van der Waals surface area contributed by atoms with Gasteiger partial charge in [-0.15, -0.1) is 0 Å². The zero-order valence-corrected chi connectivity index (χ0v) is 11.6. The summed E-state index contributed by atoms with van der Waals surface area (Å²) in [5.74, 6) is 0.701. The van der Waals surface area contributed by atoms with E-state index >= 15 is 0 Å². The van der Waals surface area contributed by atoms with Crippen LogP contribution < -0.4 is 0 Å². The molecular formula is C16H24O2. The van der Waals surface area contributed by atoms with E-state index in [1.54, 1.807) is 0 Å². The van der Waals surface area contributed by atoms with E-state index in [2.05, 4.69) is 12.1 Å². The fraction of sp³-hybridized carbons (Fsp3) is 0.625. The van der Waals surface area contributed by atoms with Crippen molar-refractivity contribution in [1.82, 2.24) is 0 Å². The highest BCUT2D eigenvalue weighted by Gasteiger charge is 2.30. The smallest absolute Gasteiger partial charge is 0.107 e. The Hall–Kier alpha value is -0.860. The second kappa shape index (κ2) is 5.41. The fourth-order valence-electron chi connectivity index (χ4n) is 2.58. The van der Waals surface area contributed by atoms with Crippen molar-refractivity contribution in [3.8, 4) is 0 Å². The summed E-state index contributed by atoms with van der Waals surface area (Å²) in [5.41, 5.74) is 1.80. The van der Waals surface area contributed by atoms with Gasteiger partial charge in [-0.2, -0.15) is 0 Å². The van der Waals surface area contributed by atoms with Gasteiger partial charge in [0.2, 0.25) is 0 Å². The summed E-state index contributed by atoms with van der Waals surface area (Å²) < 4.78 is 5.64. The topological polar surface area (TPSA) is 29.5 Å². The third-order valence-electron chi connectivity index (χ3n) is 3.98. The van der Waals surface area contributed by atoms with Crippen LogP contribution in [0.4, 0.5) is 0 Å². The molecule has 1 aromatic rings. The highest BCUT2D eigenvalue weighted by atomic mass is 16.5. The lowest BCUT2D eigenvalue weighted by atomic mass is 9.79. The Morgan fingerprint density at radius 2 is 2.11 bits per heavy atom. The minimum absolute atomic E-state index is 0.535. The maximum atomic E-state index is 10.5. The van der Waals surface area contributed by atoms with Crippen LogP contribution in [0.15, 0.2) is 24.3 Å². The third-order valence-corrected chi connectivity index (χ3v) is 3.98. The van der Waals surface area contributed by atoms with Crippen molar-refractivity contribution in [1.29, 1.82) is 0 Å². The first kappa shape index (κ1) is 13.6. The standard InChI is InChI=1S/C16H24O2/c1-4-18-16(2,3)15(17)14-10-6-9-13(11-14)12-7-5-8-12/h6,9-12,15,17H,4-5,7-8H2,1-3H3. The van der Waals surface area contributed by atoms with E-state index in [0.29, 0.717) is 12.5 Å². The molecule has 0 saturated heterocycles. The third kappa shape index (κ3) is 2.76. The molecule has 1 saturated carbocycles. The molecule has 0 heterocycles. The molecule has 1 fully saturated rings. The maximum absolute atomic E-state index is 10.5. The van der Waals surface area contributed by atoms with Gasteiger partial charge in [-0.25, -0.2) is 0 Å². The molecule has 1 unspecified atom stereocenters. The lowest BCUT2D eigenvalue weighted by Gasteiger charge is -2.32. The summed E-state index contributed by atoms with van der Waals surface area (Å²) in [6, 6.07) is 8.37. The molecule has 0 aliphatic heterocycles. The number of hydrogen-bond donors (Lipinski definition) is 1. The van der Waals surface area contributed by atoms with Gasteiger partial charge in [0.1, 0.15) is 6.10 Å². The van der Waals surface area contributed by atoms with Crippen LogP contribution in [-0.4, -0.2) is 17.3 Å². The molecule has 1 N–H and O–H groups in total. The fourth-order valence-corrected chi connectivity index (χ4v) is 2.58. The highest BCUT2D eigenvalue weighted by Crippen LogP contribution is 2.38. The number of aliphatic hydroxyl groups is 1. The van der Waals surface area contributed by atoms with Gasteiger partial charge < -0.3 is 9.84 Å². The van der Waals surface area contributed by atoms with Crippen molar-refractivity contribution in [3.63, 3.8) is 0 Å². The average molecular weight is 248 g/mol. The summed E-state index contributed by atoms with van der Waals surface area (Å²) in [5, 5.41) is 10.5. The van der Waals surface area contributed by atoms with Gasteiger partial charge in [0.05, 0.1) is 5.60 Å². The molecule has 2 nitrogen and oxygen atoms in total. The summed E-state index contributed by atoms with van der Waals surface area (Å²) in [7, 11) is 0. The Balaban J connectivity index is 2.16. The van der Waals surface area contributed by atoms with Gasteiger partial charge in [0, 0.05) is 6.61 Å². The summed E-state index contributed by atoms with van der Waals surface area (Å²) in [6.45, 7) is 6.46. The van der Waals surface area contributed by atoms with Crippen LogP contribution in [0.5, 0.6) is 0 Å². The molecule has 1 atom stereocenters. The molecule has 18 heavy (non-hydrogen) atoms. The molecule has 100 valence electrons. The Labute approximate surface area is 110 Å². The molecule has 1 aliphatic carbocycles. The van der Waals surface area contributed by atoms with Crippen LogP contribution in [0.2, 0.25) is 0 Å². The molecule has 1 aromatic carbocycles. The normalized spacial score (nSPS) is 18.4. The summed E-state index contributed by atoms with van der Waals surface area (Å²) >= 11 is 0. The highest BCUT2D eigenvalue weighted by molar-refractivity contribution is 5.30. The maximum Gasteiger partial charge on any atom is 0.107 e. The first-order valence-corrected chi connectivity index (χ1v) is 6.96. The lowest BCUT2D eigenvalue weighted by molar-refractivity contribution is -0.0983. The van der Waals surface area contributed by atoms with E-state index in [-0.39, 0.29) is 0 Å². The van der Waals surface area contributed by atoms with E-state index < -0.39 is 11.7 Å². The van der Waals surface area contributed by atoms with Crippen LogP contribution in [-0.2, 0) is 4.74 Å². The van der Waals surface area contributed by atoms with Crippen molar-refractivity contribution in [2.24, 2.45) is 0 Å². The minimum Gasteiger partial charge on any atom is -0.385 e. The first-order chi connectivity index (χ1) is 8.54. The van der Waals surface area contributed by atoms with Crippen LogP contribution in [0.3, 0.4) is 0 Å². The van der Waals surface area contributed by atoms with Gasteiger partial charge in [0.25, 0.3) is 0 Å². The number of rotatable bonds is 5. The first-order valence-electron chi connectivity index (χ1n) is 6.96. The van der Waals surface area contributed by atoms with Gasteiger partial charge in [0.15, 0.2) is 0 Å². The number of hydrogen-bond acceptors (Lipinski definition) is 2. The van der Waals surface area contributed by atoms with E-state index in [4.69, 9.17) is 4.74 Å². The zero-order valence-electron chi connectivity index (χ0n) is 11.6. The predicted molar refractivity (Wildman–Crippen MR) is 73.7 cm³/mol. The predicted octanol–water partition coefficient (Wildman–Crippen LogP) is 3.80. The van der Waals surface area contributed by atoms with Crippen molar-refractivity contribution in [3.05, 3.63) is 35.4 Å². The van der Waals surface area contributed by atoms with Gasteiger partial charge in [-0.1, -0.05) is 30.7 Å².